The molecular formula is C13H26N2O. The highest BCUT2D eigenvalue weighted by Gasteiger charge is 2.20. The molecule has 1 saturated carbocycles. The zero-order valence-corrected chi connectivity index (χ0v) is 10.7. The van der Waals surface area contributed by atoms with Crippen LogP contribution in [0.25, 0.3) is 0 Å². The smallest absolute Gasteiger partial charge is 0.237 e. The number of hydrogen-bond acceptors (Lipinski definition) is 2. The van der Waals surface area contributed by atoms with Crippen molar-refractivity contribution >= 4 is 5.91 Å². The highest BCUT2D eigenvalue weighted by molar-refractivity contribution is 5.81. The first-order chi connectivity index (χ1) is 7.65. The van der Waals surface area contributed by atoms with E-state index in [1.165, 1.54) is 25.7 Å². The van der Waals surface area contributed by atoms with Crippen molar-refractivity contribution in [1.82, 2.24) is 5.32 Å². The molecule has 16 heavy (non-hydrogen) atoms. The van der Waals surface area contributed by atoms with Crippen LogP contribution in [-0.4, -0.2) is 18.5 Å². The maximum atomic E-state index is 11.7. The fourth-order valence-electron chi connectivity index (χ4n) is 2.33. The number of nitrogens with one attached hydrogen (secondary N) is 1. The largest absolute Gasteiger partial charge is 0.355 e. The summed E-state index contributed by atoms with van der Waals surface area (Å²) in [6.07, 6.45) is 7.49. The molecule has 3 nitrogen and oxygen atoms in total. The lowest BCUT2D eigenvalue weighted by Crippen LogP contribution is -2.45. The molecule has 2 atom stereocenters. The summed E-state index contributed by atoms with van der Waals surface area (Å²) in [6, 6.07) is -0.339. The summed E-state index contributed by atoms with van der Waals surface area (Å²) in [7, 11) is 0. The summed E-state index contributed by atoms with van der Waals surface area (Å²) >= 11 is 0. The van der Waals surface area contributed by atoms with Crippen LogP contribution in [0, 0.1) is 11.8 Å². The van der Waals surface area contributed by atoms with Gasteiger partial charge in [-0.05, 0) is 18.3 Å². The second-order valence-electron chi connectivity index (χ2n) is 5.14. The van der Waals surface area contributed by atoms with Gasteiger partial charge in [-0.1, -0.05) is 46.0 Å². The van der Waals surface area contributed by atoms with E-state index >= 15 is 0 Å². The van der Waals surface area contributed by atoms with Crippen molar-refractivity contribution in [2.75, 3.05) is 6.54 Å². The second kappa shape index (κ2) is 6.89. The molecule has 0 aliphatic heterocycles. The molecule has 0 aromatic heterocycles. The Bertz CT molecular complexity index is 212. The molecule has 3 heteroatoms. The van der Waals surface area contributed by atoms with Gasteiger partial charge in [-0.2, -0.15) is 0 Å². The molecule has 0 heterocycles. The SMILES string of the molecule is CC[C@H](C)[C@H](N)C(=O)NCCC1CCCC1. The summed E-state index contributed by atoms with van der Waals surface area (Å²) < 4.78 is 0. The average Bonchev–Trinajstić information content (AvgIpc) is 2.79. The van der Waals surface area contributed by atoms with Crippen molar-refractivity contribution in [2.45, 2.75) is 58.4 Å². The lowest BCUT2D eigenvalue weighted by atomic mass is 9.99. The number of nitrogens with two attached hydrogens (primary N) is 1. The maximum absolute atomic E-state index is 11.7. The zero-order valence-electron chi connectivity index (χ0n) is 10.7. The van der Waals surface area contributed by atoms with Crippen LogP contribution in [0.15, 0.2) is 0 Å². The Morgan fingerprint density at radius 2 is 2.06 bits per heavy atom. The zero-order chi connectivity index (χ0) is 12.0. The third-order valence-corrected chi connectivity index (χ3v) is 3.89. The van der Waals surface area contributed by atoms with Crippen LogP contribution in [-0.2, 0) is 4.79 Å². The predicted octanol–water partition coefficient (Wildman–Crippen LogP) is 2.06. The summed E-state index contributed by atoms with van der Waals surface area (Å²) in [6.45, 7) is 4.89. The molecule has 0 radical (unpaired) electrons. The second-order valence-corrected chi connectivity index (χ2v) is 5.14. The minimum atomic E-state index is -0.339. The molecule has 0 spiro atoms. The first kappa shape index (κ1) is 13.5. The van der Waals surface area contributed by atoms with Crippen LogP contribution >= 0.6 is 0 Å². The van der Waals surface area contributed by atoms with Crippen LogP contribution in [0.1, 0.15) is 52.4 Å². The topological polar surface area (TPSA) is 55.1 Å². The Kier molecular flexibility index (Phi) is 5.81. The van der Waals surface area contributed by atoms with Crippen LogP contribution < -0.4 is 11.1 Å². The minimum Gasteiger partial charge on any atom is -0.355 e. The van der Waals surface area contributed by atoms with Gasteiger partial charge in [0.2, 0.25) is 5.91 Å². The van der Waals surface area contributed by atoms with E-state index in [0.29, 0.717) is 0 Å². The van der Waals surface area contributed by atoms with Crippen molar-refractivity contribution in [1.29, 1.82) is 0 Å². The molecule has 1 fully saturated rings. The number of carbonyl (C=O) groups is 1. The Morgan fingerprint density at radius 1 is 1.44 bits per heavy atom. The molecule has 1 aliphatic rings. The van der Waals surface area contributed by atoms with Crippen molar-refractivity contribution < 1.29 is 4.79 Å². The fourth-order valence-corrected chi connectivity index (χ4v) is 2.33. The first-order valence-corrected chi connectivity index (χ1v) is 6.68. The summed E-state index contributed by atoms with van der Waals surface area (Å²) in [5, 5.41) is 2.96. The third kappa shape index (κ3) is 4.12. The van der Waals surface area contributed by atoms with Gasteiger partial charge in [0.25, 0.3) is 0 Å². The van der Waals surface area contributed by atoms with Gasteiger partial charge in [0.05, 0.1) is 6.04 Å². The number of rotatable bonds is 6. The van der Waals surface area contributed by atoms with Crippen molar-refractivity contribution in [3.05, 3.63) is 0 Å². The van der Waals surface area contributed by atoms with Gasteiger partial charge >= 0.3 is 0 Å². The molecule has 0 aromatic rings. The summed E-state index contributed by atoms with van der Waals surface area (Å²) in [4.78, 5) is 11.7. The van der Waals surface area contributed by atoms with Crippen LogP contribution in [0.3, 0.4) is 0 Å². The van der Waals surface area contributed by atoms with Crippen molar-refractivity contribution in [2.24, 2.45) is 17.6 Å². The van der Waals surface area contributed by atoms with Crippen molar-refractivity contribution in [3.63, 3.8) is 0 Å². The Balaban J connectivity index is 2.13. The Labute approximate surface area is 99.2 Å². The maximum Gasteiger partial charge on any atom is 0.237 e. The van der Waals surface area contributed by atoms with E-state index < -0.39 is 0 Å². The van der Waals surface area contributed by atoms with Gasteiger partial charge in [0.15, 0.2) is 0 Å². The van der Waals surface area contributed by atoms with Gasteiger partial charge in [-0.15, -0.1) is 0 Å². The van der Waals surface area contributed by atoms with Gasteiger partial charge in [0, 0.05) is 6.54 Å². The van der Waals surface area contributed by atoms with Gasteiger partial charge in [-0.25, -0.2) is 0 Å². The molecule has 1 rings (SSSR count). The van der Waals surface area contributed by atoms with Crippen molar-refractivity contribution in [3.8, 4) is 0 Å². The van der Waals surface area contributed by atoms with Gasteiger partial charge < -0.3 is 11.1 Å². The number of hydrogen-bond donors (Lipinski definition) is 2. The number of amides is 1. The molecule has 0 bridgehead atoms. The highest BCUT2D eigenvalue weighted by Crippen LogP contribution is 2.26. The quantitative estimate of drug-likeness (QED) is 0.728. The Hall–Kier alpha value is -0.570. The van der Waals surface area contributed by atoms with E-state index in [1.54, 1.807) is 0 Å². The minimum absolute atomic E-state index is 0.0207. The molecule has 1 amide bonds. The lowest BCUT2D eigenvalue weighted by molar-refractivity contribution is -0.123. The van der Waals surface area contributed by atoms with Crippen LogP contribution in [0.5, 0.6) is 0 Å². The first-order valence-electron chi connectivity index (χ1n) is 6.68. The number of carbonyl (C=O) groups excluding carboxylic acids is 1. The van der Waals surface area contributed by atoms with E-state index in [2.05, 4.69) is 12.2 Å². The lowest BCUT2D eigenvalue weighted by Gasteiger charge is -2.18. The van der Waals surface area contributed by atoms with Crippen LogP contribution in [0.2, 0.25) is 0 Å². The monoisotopic (exact) mass is 226 g/mol. The standard InChI is InChI=1S/C13H26N2O/c1-3-10(2)12(14)13(16)15-9-8-11-6-4-5-7-11/h10-12H,3-9,14H2,1-2H3,(H,15,16)/t10-,12-/m0/s1. The van der Waals surface area contributed by atoms with E-state index in [-0.39, 0.29) is 17.9 Å². The van der Waals surface area contributed by atoms with Gasteiger partial charge in [0.1, 0.15) is 0 Å². The normalized spacial score (nSPS) is 20.7. The molecule has 3 N–H and O–H groups in total. The van der Waals surface area contributed by atoms with Gasteiger partial charge in [-0.3, -0.25) is 4.79 Å². The summed E-state index contributed by atoms with van der Waals surface area (Å²) in [5.41, 5.74) is 5.85. The molecular weight excluding hydrogens is 200 g/mol. The van der Waals surface area contributed by atoms with E-state index in [9.17, 15) is 4.79 Å². The molecule has 0 unspecified atom stereocenters. The molecule has 1 aliphatic carbocycles. The molecule has 94 valence electrons. The summed E-state index contributed by atoms with van der Waals surface area (Å²) in [5.74, 6) is 1.12. The van der Waals surface area contributed by atoms with E-state index in [1.807, 2.05) is 6.92 Å². The third-order valence-electron chi connectivity index (χ3n) is 3.89. The Morgan fingerprint density at radius 3 is 2.62 bits per heavy atom. The average molecular weight is 226 g/mol. The predicted molar refractivity (Wildman–Crippen MR) is 67.0 cm³/mol. The highest BCUT2D eigenvalue weighted by atomic mass is 16.2. The molecule has 0 aromatic carbocycles. The fraction of sp³-hybridized carbons (Fsp3) is 0.923. The molecule has 0 saturated heterocycles. The van der Waals surface area contributed by atoms with Crippen LogP contribution in [0.4, 0.5) is 0 Å². The van der Waals surface area contributed by atoms with E-state index in [4.69, 9.17) is 5.73 Å². The van der Waals surface area contributed by atoms with E-state index in [0.717, 1.165) is 25.3 Å².